The summed E-state index contributed by atoms with van der Waals surface area (Å²) in [7, 11) is 3.30. The fraction of sp³-hybridized carbons (Fsp3) is 0.0899. The number of rotatable bonds is 16. The molecule has 0 radical (unpaired) electrons. The number of ether oxygens (including phenoxy) is 2. The van der Waals surface area contributed by atoms with Crippen LogP contribution in [-0.2, 0) is 25.7 Å². The maximum atomic E-state index is 11.1. The summed E-state index contributed by atoms with van der Waals surface area (Å²) in [5, 5.41) is 27.3. The van der Waals surface area contributed by atoms with Crippen molar-refractivity contribution in [2.24, 2.45) is 0 Å². The minimum Gasteiger partial charge on any atom is -0.487 e. The molecule has 2 aromatic carbocycles. The first-order valence-electron chi connectivity index (χ1n) is 36.4. The highest BCUT2D eigenvalue weighted by Gasteiger charge is 2.23. The van der Waals surface area contributed by atoms with E-state index in [1.165, 1.54) is 124 Å². The molecule has 0 aliphatic heterocycles. The van der Waals surface area contributed by atoms with Crippen LogP contribution in [0.15, 0.2) is 265 Å². The van der Waals surface area contributed by atoms with Gasteiger partial charge < -0.3 is 19.7 Å². The van der Waals surface area contributed by atoms with Gasteiger partial charge in [-0.3, -0.25) is 24.5 Å². The van der Waals surface area contributed by atoms with Crippen molar-refractivity contribution in [3.05, 3.63) is 338 Å². The summed E-state index contributed by atoms with van der Waals surface area (Å²) in [4.78, 5) is 67.6. The predicted octanol–water partition coefficient (Wildman–Crippen LogP) is 28.4. The van der Waals surface area contributed by atoms with Gasteiger partial charge >= 0.3 is 0 Å². The highest BCUT2D eigenvalue weighted by Crippen LogP contribution is 2.48. The molecule has 15 nitrogen and oxygen atoms in total. The Kier molecular flexibility index (Phi) is 28.2. The zero-order valence-electron chi connectivity index (χ0n) is 62.6. The van der Waals surface area contributed by atoms with Crippen LogP contribution in [0.25, 0.3) is 89.0 Å². The minimum absolute atomic E-state index is 0.522. The number of aldehydes is 2. The number of halogens is 6. The third kappa shape index (κ3) is 20.0. The summed E-state index contributed by atoms with van der Waals surface area (Å²) in [6.45, 7) is 0. The molecule has 0 bridgehead atoms. The second kappa shape index (κ2) is 39.6. The Hall–Kier alpha value is -8.13. The normalized spacial score (nSPS) is 11.7. The molecule has 120 heavy (non-hydrogen) atoms. The van der Waals surface area contributed by atoms with E-state index in [1.807, 2.05) is 161 Å². The van der Waals surface area contributed by atoms with E-state index in [-0.39, 0.29) is 0 Å². The van der Waals surface area contributed by atoms with Crippen molar-refractivity contribution in [2.75, 3.05) is 14.2 Å². The molecule has 0 saturated carbocycles. The number of nitrogens with zero attached hydrogens (tertiary/aromatic N) is 9. The maximum absolute atomic E-state index is 11.1. The molecule has 2 unspecified atom stereocenters. The third-order valence-corrected chi connectivity index (χ3v) is 34.8. The third-order valence-electron chi connectivity index (χ3n) is 18.5. The Morgan fingerprint density at radius 1 is 0.342 bits per heavy atom. The molecule has 2 N–H and O–H groups in total. The van der Waals surface area contributed by atoms with Crippen molar-refractivity contribution >= 4 is 310 Å². The second-order valence-electron chi connectivity index (χ2n) is 26.3. The number of carbonyl (C=O) groups is 2. The van der Waals surface area contributed by atoms with Crippen LogP contribution in [0.2, 0.25) is 0 Å². The lowest BCUT2D eigenvalue weighted by Gasteiger charge is -2.10. The zero-order valence-corrected chi connectivity index (χ0v) is 80.2. The molecule has 0 fully saturated rings. The number of fused-ring (bicyclic) bond motifs is 11. The van der Waals surface area contributed by atoms with E-state index >= 15 is 0 Å². The van der Waals surface area contributed by atoms with Gasteiger partial charge in [0.1, 0.15) is 40.9 Å². The Morgan fingerprint density at radius 2 is 0.733 bits per heavy atom. The lowest BCUT2D eigenvalue weighted by molar-refractivity contribution is 0.111. The summed E-state index contributed by atoms with van der Waals surface area (Å²) in [6.07, 6.45) is 19.5. The van der Waals surface area contributed by atoms with Crippen LogP contribution in [-0.4, -0.2) is 81.9 Å². The number of benzene rings is 2. The molecule has 0 aliphatic carbocycles. The first-order valence-corrected chi connectivity index (χ1v) is 49.3. The van der Waals surface area contributed by atoms with Gasteiger partial charge in [0.15, 0.2) is 17.6 Å². The van der Waals surface area contributed by atoms with Gasteiger partial charge in [0.05, 0.1) is 44.0 Å². The van der Waals surface area contributed by atoms with E-state index in [1.54, 1.807) is 91.3 Å². The molecular formula is C89H59Br6N9O6S10. The molecule has 19 heterocycles. The summed E-state index contributed by atoms with van der Waals surface area (Å²) < 4.78 is 30.4. The lowest BCUT2D eigenvalue weighted by atomic mass is 10.1. The Labute approximate surface area is 777 Å². The monoisotopic (exact) mass is 2140 g/mol. The molecule has 0 amide bonds. The number of hydrogen-bond acceptors (Lipinski definition) is 25. The Balaban J connectivity index is 0.000000111. The van der Waals surface area contributed by atoms with Gasteiger partial charge in [-0.15, -0.1) is 102 Å². The summed E-state index contributed by atoms with van der Waals surface area (Å²) >= 11 is 37.5. The molecule has 21 rings (SSSR count). The molecule has 0 saturated heterocycles. The minimum atomic E-state index is -0.733. The molecular weight excluding hydrogens is 2090 g/mol. The molecule has 598 valence electrons. The number of methoxy groups -OCH3 is 2. The second-order valence-corrected chi connectivity index (χ2v) is 42.1. The Morgan fingerprint density at radius 3 is 1.17 bits per heavy atom. The highest BCUT2D eigenvalue weighted by molar-refractivity contribution is 9.13. The van der Waals surface area contributed by atoms with E-state index in [4.69, 9.17) is 9.47 Å². The number of thiophene rings is 10. The van der Waals surface area contributed by atoms with Crippen molar-refractivity contribution in [3.8, 4) is 10.9 Å². The first kappa shape index (κ1) is 85.4. The van der Waals surface area contributed by atoms with Crippen LogP contribution < -0.4 is 9.47 Å². The number of aliphatic hydroxyl groups excluding tert-OH is 2. The quantitative estimate of drug-likeness (QED) is 0.0681. The van der Waals surface area contributed by atoms with E-state index < -0.39 is 12.2 Å². The topological polar surface area (TPSA) is 209 Å². The number of hydrogen-bond donors (Lipinski definition) is 2. The van der Waals surface area contributed by atoms with E-state index in [2.05, 4.69) is 219 Å². The molecule has 31 heteroatoms. The van der Waals surface area contributed by atoms with Crippen LogP contribution in [0, 0.1) is 0 Å². The predicted molar refractivity (Wildman–Crippen MR) is 523 cm³/mol. The number of pyridine rings is 9. The molecule has 2 atom stereocenters. The highest BCUT2D eigenvalue weighted by atomic mass is 79.9. The first-order chi connectivity index (χ1) is 58.5. The fourth-order valence-electron chi connectivity index (χ4n) is 12.9. The average Bonchev–Trinajstić information content (AvgIpc) is 1.58. The summed E-state index contributed by atoms with van der Waals surface area (Å²) in [6, 6.07) is 61.3. The summed E-state index contributed by atoms with van der Waals surface area (Å²) in [5.41, 5.74) is 8.64. The van der Waals surface area contributed by atoms with Crippen LogP contribution >= 0.6 is 209 Å². The van der Waals surface area contributed by atoms with Crippen LogP contribution in [0.1, 0.15) is 95.0 Å². The van der Waals surface area contributed by atoms with Crippen molar-refractivity contribution in [3.63, 3.8) is 0 Å². The Bertz CT molecular complexity index is 6840. The van der Waals surface area contributed by atoms with Gasteiger partial charge in [-0.1, -0.05) is 59.9 Å². The zero-order chi connectivity index (χ0) is 82.9. The maximum Gasteiger partial charge on any atom is 0.216 e. The van der Waals surface area contributed by atoms with Gasteiger partial charge in [0.25, 0.3) is 0 Å². The molecule has 19 aromatic heterocycles. The lowest BCUT2D eigenvalue weighted by Crippen LogP contribution is -1.99. The number of aliphatic hydroxyl groups is 2. The van der Waals surface area contributed by atoms with Gasteiger partial charge in [0.2, 0.25) is 5.88 Å². The largest absolute Gasteiger partial charge is 0.487 e. The van der Waals surface area contributed by atoms with Crippen LogP contribution in [0.3, 0.4) is 0 Å². The van der Waals surface area contributed by atoms with Crippen molar-refractivity contribution < 1.29 is 29.3 Å². The van der Waals surface area contributed by atoms with E-state index in [0.717, 1.165) is 128 Å². The molecule has 0 spiro atoms. The van der Waals surface area contributed by atoms with Crippen LogP contribution in [0.4, 0.5) is 0 Å². The SMILES string of the molecule is Brc1cccnc1Br.Brc1ncccc1Cc1cc2sc(Cc3cccnc3Br)cc2s1.COc1cc2sc(C=O)cc2s1.COc1ncccc1Cc1cc2sc(Cc3cccnc3C=O)cc2s1.OC(c1cc2sc(C(O)c3cccnc3Br)cc2s1)c1cccnc1Br.c1cnc2cc3c(cc2c1)sc1c2cc4ncccc4cc2sc31. The number of aromatic nitrogens is 9. The van der Waals surface area contributed by atoms with Crippen LogP contribution in [0.5, 0.6) is 10.9 Å². The van der Waals surface area contributed by atoms with Gasteiger partial charge in [-0.25, -0.2) is 29.9 Å². The van der Waals surface area contributed by atoms with E-state index in [0.29, 0.717) is 20.8 Å². The standard InChI is InChI=1S/C20H16N2O2S2.C20H10N2S2.C18H12Br2N2O2S2.C18H12Br2N2S2.C8H6O2S2.C5H3Br2N/c1-24-20-14(5-3-7-22-20)9-16-11-19-18(26-16)10-15(25-19)8-13-4-2-6-21-17(13)12-23;1-3-11-7-17-13(9-15(11)21-5-1)19-20(23-17)14-10-16-12(4-2-6-22-16)8-18(14)24-19;19-17-9(3-1-5-21-17)15(23)13-7-11-12(25-13)8-14(26-11)16(24)10-4-2-6-22-18(10)20;19-17-11(3-1-5-21-17)7-13-9-15-16(23-13)10-14(24-15)8-12-4-2-6-22-18(12)20;1-10-8-3-7-6(12-8)2-5(4-9)11-7;6-4-2-1-3-8-5(4)7/h2-7,10-12H,8-9H2,1H3;1-10H;1-8,15-16,23-24H;1-6,9-10H,7-8H2;2-4H,1H3;1-3H. The van der Waals surface area contributed by atoms with Crippen molar-refractivity contribution in [1.29, 1.82) is 0 Å². The molecule has 0 aliphatic rings. The van der Waals surface area contributed by atoms with Crippen molar-refractivity contribution in [1.82, 2.24) is 44.9 Å². The van der Waals surface area contributed by atoms with Gasteiger partial charge in [-0.05, 0) is 240 Å². The van der Waals surface area contributed by atoms with Crippen molar-refractivity contribution in [2.45, 2.75) is 37.9 Å². The van der Waals surface area contributed by atoms with Gasteiger partial charge in [-0.2, -0.15) is 0 Å². The average molecular weight is 2150 g/mol. The smallest absolute Gasteiger partial charge is 0.216 e. The number of carbonyl (C=O) groups excluding carboxylic acids is 2. The van der Waals surface area contributed by atoms with Gasteiger partial charge in [0, 0.05) is 202 Å². The fourth-order valence-corrected chi connectivity index (χ4v) is 27.3. The van der Waals surface area contributed by atoms with E-state index in [9.17, 15) is 19.8 Å². The summed E-state index contributed by atoms with van der Waals surface area (Å²) in [5.74, 6) is 0.683. The molecule has 21 aromatic rings.